The standard InChI is InChI=1S/C22H26N2O/c1-16(17-9-3-2-4-10-17)22(25)23-20-15-18-11-5-6-12-19(18)21(20)24-13-7-8-14-24/h2-6,9-12,16,20-21H,7-8,13-15H2,1H3,(H,23,25)/t16?,20-,21-/m1/s1. The summed E-state index contributed by atoms with van der Waals surface area (Å²) in [6.07, 6.45) is 3.46. The van der Waals surface area contributed by atoms with Crippen molar-refractivity contribution in [2.75, 3.05) is 13.1 Å². The van der Waals surface area contributed by atoms with E-state index >= 15 is 0 Å². The zero-order valence-corrected chi connectivity index (χ0v) is 14.8. The number of fused-ring (bicyclic) bond motifs is 1. The van der Waals surface area contributed by atoms with Gasteiger partial charge in [0, 0.05) is 0 Å². The van der Waals surface area contributed by atoms with E-state index in [4.69, 9.17) is 0 Å². The van der Waals surface area contributed by atoms with Gasteiger partial charge in [-0.3, -0.25) is 9.69 Å². The first-order valence-electron chi connectivity index (χ1n) is 9.41. The summed E-state index contributed by atoms with van der Waals surface area (Å²) in [5, 5.41) is 3.37. The second-order valence-electron chi connectivity index (χ2n) is 7.34. The predicted molar refractivity (Wildman–Crippen MR) is 100 cm³/mol. The molecular weight excluding hydrogens is 308 g/mol. The number of benzene rings is 2. The molecule has 3 nitrogen and oxygen atoms in total. The van der Waals surface area contributed by atoms with E-state index < -0.39 is 0 Å². The zero-order valence-electron chi connectivity index (χ0n) is 14.8. The highest BCUT2D eigenvalue weighted by Gasteiger charge is 2.38. The average Bonchev–Trinajstić information content (AvgIpc) is 3.28. The van der Waals surface area contributed by atoms with Gasteiger partial charge in [-0.15, -0.1) is 0 Å². The Labute approximate surface area is 150 Å². The molecule has 2 aliphatic rings. The third-order valence-corrected chi connectivity index (χ3v) is 5.75. The maximum Gasteiger partial charge on any atom is 0.227 e. The lowest BCUT2D eigenvalue weighted by Gasteiger charge is -2.31. The summed E-state index contributed by atoms with van der Waals surface area (Å²) in [6.45, 7) is 4.27. The van der Waals surface area contributed by atoms with Gasteiger partial charge in [0.15, 0.2) is 0 Å². The normalized spacial score (nSPS) is 24.0. The molecule has 0 radical (unpaired) electrons. The number of amides is 1. The van der Waals surface area contributed by atoms with E-state index in [1.165, 1.54) is 24.0 Å². The molecule has 1 saturated heterocycles. The van der Waals surface area contributed by atoms with Crippen molar-refractivity contribution in [1.29, 1.82) is 0 Å². The number of rotatable bonds is 4. The highest BCUT2D eigenvalue weighted by Crippen LogP contribution is 2.38. The van der Waals surface area contributed by atoms with Gasteiger partial charge in [0.1, 0.15) is 0 Å². The molecule has 1 aliphatic heterocycles. The summed E-state index contributed by atoms with van der Waals surface area (Å²) >= 11 is 0. The monoisotopic (exact) mass is 334 g/mol. The van der Waals surface area contributed by atoms with Crippen LogP contribution in [0.15, 0.2) is 54.6 Å². The van der Waals surface area contributed by atoms with Crippen LogP contribution in [0.2, 0.25) is 0 Å². The Morgan fingerprint density at radius 2 is 1.72 bits per heavy atom. The third kappa shape index (κ3) is 3.21. The Hall–Kier alpha value is -2.13. The van der Waals surface area contributed by atoms with Gasteiger partial charge < -0.3 is 5.32 Å². The molecule has 1 fully saturated rings. The lowest BCUT2D eigenvalue weighted by atomic mass is 9.99. The van der Waals surface area contributed by atoms with Crippen LogP contribution in [0.3, 0.4) is 0 Å². The summed E-state index contributed by atoms with van der Waals surface area (Å²) in [6, 6.07) is 19.2. The minimum Gasteiger partial charge on any atom is -0.351 e. The number of nitrogens with zero attached hydrogens (tertiary/aromatic N) is 1. The number of carbonyl (C=O) groups excluding carboxylic acids is 1. The quantitative estimate of drug-likeness (QED) is 0.925. The molecule has 0 saturated carbocycles. The Morgan fingerprint density at radius 1 is 1.04 bits per heavy atom. The molecular formula is C22H26N2O. The van der Waals surface area contributed by atoms with Crippen LogP contribution in [0.5, 0.6) is 0 Å². The maximum atomic E-state index is 12.9. The number of hydrogen-bond donors (Lipinski definition) is 1. The van der Waals surface area contributed by atoms with Gasteiger partial charge in [0.05, 0.1) is 18.0 Å². The van der Waals surface area contributed by atoms with Crippen molar-refractivity contribution in [3.05, 3.63) is 71.3 Å². The number of likely N-dealkylation sites (tertiary alicyclic amines) is 1. The Balaban J connectivity index is 1.54. The Bertz CT molecular complexity index is 737. The molecule has 2 aromatic rings. The van der Waals surface area contributed by atoms with Gasteiger partial charge >= 0.3 is 0 Å². The third-order valence-electron chi connectivity index (χ3n) is 5.75. The Morgan fingerprint density at radius 3 is 2.48 bits per heavy atom. The van der Waals surface area contributed by atoms with Gasteiger partial charge in [0.25, 0.3) is 0 Å². The van der Waals surface area contributed by atoms with Crippen LogP contribution in [0.4, 0.5) is 0 Å². The highest BCUT2D eigenvalue weighted by atomic mass is 16.1. The van der Waals surface area contributed by atoms with E-state index in [0.29, 0.717) is 6.04 Å². The van der Waals surface area contributed by atoms with E-state index in [9.17, 15) is 4.79 Å². The predicted octanol–water partition coefficient (Wildman–Crippen LogP) is 3.67. The van der Waals surface area contributed by atoms with E-state index in [1.807, 2.05) is 37.3 Å². The molecule has 2 aromatic carbocycles. The summed E-state index contributed by atoms with van der Waals surface area (Å²) in [5.41, 5.74) is 3.87. The van der Waals surface area contributed by atoms with Crippen LogP contribution in [0.25, 0.3) is 0 Å². The van der Waals surface area contributed by atoms with Crippen LogP contribution in [-0.2, 0) is 11.2 Å². The molecule has 1 aliphatic carbocycles. The fraction of sp³-hybridized carbons (Fsp3) is 0.409. The number of hydrogen-bond acceptors (Lipinski definition) is 2. The molecule has 3 atom stereocenters. The van der Waals surface area contributed by atoms with Crippen molar-refractivity contribution in [3.8, 4) is 0 Å². The fourth-order valence-electron chi connectivity index (χ4n) is 4.38. The van der Waals surface area contributed by atoms with Gasteiger partial charge in [-0.05, 0) is 56.0 Å². The van der Waals surface area contributed by atoms with Crippen LogP contribution >= 0.6 is 0 Å². The van der Waals surface area contributed by atoms with Crippen LogP contribution < -0.4 is 5.32 Å². The summed E-state index contributed by atoms with van der Waals surface area (Å²) in [4.78, 5) is 15.4. The summed E-state index contributed by atoms with van der Waals surface area (Å²) < 4.78 is 0. The van der Waals surface area contributed by atoms with Crippen molar-refractivity contribution in [1.82, 2.24) is 10.2 Å². The molecule has 1 amide bonds. The van der Waals surface area contributed by atoms with Crippen LogP contribution in [0, 0.1) is 0 Å². The topological polar surface area (TPSA) is 32.3 Å². The van der Waals surface area contributed by atoms with Crippen LogP contribution in [-0.4, -0.2) is 29.9 Å². The second-order valence-corrected chi connectivity index (χ2v) is 7.34. The highest BCUT2D eigenvalue weighted by molar-refractivity contribution is 5.83. The smallest absolute Gasteiger partial charge is 0.227 e. The molecule has 0 spiro atoms. The minimum absolute atomic E-state index is 0.121. The zero-order chi connectivity index (χ0) is 17.2. The van der Waals surface area contributed by atoms with Crippen molar-refractivity contribution in [2.45, 2.75) is 44.2 Å². The van der Waals surface area contributed by atoms with Crippen molar-refractivity contribution in [3.63, 3.8) is 0 Å². The summed E-state index contributed by atoms with van der Waals surface area (Å²) in [7, 11) is 0. The number of nitrogens with one attached hydrogen (secondary N) is 1. The fourth-order valence-corrected chi connectivity index (χ4v) is 4.38. The molecule has 3 heteroatoms. The van der Waals surface area contributed by atoms with Crippen molar-refractivity contribution in [2.24, 2.45) is 0 Å². The first kappa shape index (κ1) is 16.3. The maximum absolute atomic E-state index is 12.9. The van der Waals surface area contributed by atoms with Gasteiger partial charge in [-0.25, -0.2) is 0 Å². The minimum atomic E-state index is -0.121. The van der Waals surface area contributed by atoms with Crippen LogP contribution in [0.1, 0.15) is 48.4 Å². The largest absolute Gasteiger partial charge is 0.351 e. The van der Waals surface area contributed by atoms with E-state index in [-0.39, 0.29) is 17.9 Å². The molecule has 1 unspecified atom stereocenters. The molecule has 1 N–H and O–H groups in total. The van der Waals surface area contributed by atoms with Gasteiger partial charge in [0.2, 0.25) is 5.91 Å². The van der Waals surface area contributed by atoms with E-state index in [2.05, 4.69) is 34.5 Å². The molecule has 25 heavy (non-hydrogen) atoms. The lowest BCUT2D eigenvalue weighted by molar-refractivity contribution is -0.123. The average molecular weight is 334 g/mol. The van der Waals surface area contributed by atoms with Gasteiger partial charge in [-0.2, -0.15) is 0 Å². The van der Waals surface area contributed by atoms with Gasteiger partial charge in [-0.1, -0.05) is 54.6 Å². The first-order valence-corrected chi connectivity index (χ1v) is 9.41. The summed E-state index contributed by atoms with van der Waals surface area (Å²) in [5.74, 6) is 0.0114. The lowest BCUT2D eigenvalue weighted by Crippen LogP contribution is -2.45. The molecule has 4 rings (SSSR count). The second kappa shape index (κ2) is 7.01. The molecule has 0 aromatic heterocycles. The number of carbonyl (C=O) groups is 1. The SMILES string of the molecule is CC(C(=O)N[C@@H]1Cc2ccccc2[C@H]1N1CCCC1)c1ccccc1. The van der Waals surface area contributed by atoms with E-state index in [0.717, 1.165) is 25.1 Å². The molecule has 130 valence electrons. The van der Waals surface area contributed by atoms with E-state index in [1.54, 1.807) is 0 Å². The molecule has 1 heterocycles. The van der Waals surface area contributed by atoms with Crippen molar-refractivity contribution < 1.29 is 4.79 Å². The Kier molecular flexibility index (Phi) is 4.58. The van der Waals surface area contributed by atoms with Crippen molar-refractivity contribution >= 4 is 5.91 Å². The molecule has 0 bridgehead atoms. The first-order chi connectivity index (χ1) is 12.2.